The molecule has 146 valence electrons. The summed E-state index contributed by atoms with van der Waals surface area (Å²) in [7, 11) is 1.62. The Bertz CT molecular complexity index is 704. The topological polar surface area (TPSA) is 71.1 Å². The Labute approximate surface area is 159 Å². The summed E-state index contributed by atoms with van der Waals surface area (Å²) in [5.41, 5.74) is 0.933. The number of nitrogens with one attached hydrogen (secondary N) is 1. The second-order valence-electron chi connectivity index (χ2n) is 7.62. The molecule has 0 bridgehead atoms. The molecule has 7 heteroatoms. The van der Waals surface area contributed by atoms with Crippen LogP contribution < -0.4 is 10.1 Å². The number of nitrogens with zero attached hydrogens (tertiary/aromatic N) is 2. The van der Waals surface area contributed by atoms with Gasteiger partial charge < -0.3 is 19.7 Å². The maximum absolute atomic E-state index is 12.6. The van der Waals surface area contributed by atoms with Crippen molar-refractivity contribution in [1.29, 1.82) is 0 Å². The Kier molecular flexibility index (Phi) is 5.09. The fraction of sp³-hybridized carbons (Fsp3) is 0.600. The van der Waals surface area contributed by atoms with E-state index in [1.165, 1.54) is 19.3 Å². The van der Waals surface area contributed by atoms with Gasteiger partial charge in [0.2, 0.25) is 0 Å². The first kappa shape index (κ1) is 17.9. The first-order valence-corrected chi connectivity index (χ1v) is 9.80. The van der Waals surface area contributed by atoms with Crippen molar-refractivity contribution in [2.24, 2.45) is 0 Å². The van der Waals surface area contributed by atoms with Crippen LogP contribution in [0.5, 0.6) is 5.75 Å². The zero-order chi connectivity index (χ0) is 18.8. The van der Waals surface area contributed by atoms with E-state index in [0.717, 1.165) is 24.2 Å². The molecule has 3 amide bonds. The molecular formula is C20H27N3O4. The third kappa shape index (κ3) is 3.68. The van der Waals surface area contributed by atoms with Crippen molar-refractivity contribution in [2.45, 2.75) is 56.8 Å². The summed E-state index contributed by atoms with van der Waals surface area (Å²) in [5.74, 6) is 0.749. The standard InChI is InChI=1S/C20H27N3O4/c1-26-17-10-6-5-7-14(17)11-23-16-12-22(13-18(16)27-20(23)25)19(24)21-15-8-3-2-4-9-15/h5-7,10,15-16,18H,2-4,8-9,11-13H2,1H3,(H,21,24)/t16-,18+/m0/s1. The number of fused-ring (bicyclic) bond motifs is 1. The Morgan fingerprint density at radius 2 is 2.00 bits per heavy atom. The fourth-order valence-electron chi connectivity index (χ4n) is 4.38. The van der Waals surface area contributed by atoms with Crippen molar-refractivity contribution >= 4 is 12.1 Å². The lowest BCUT2D eigenvalue weighted by molar-refractivity contribution is 0.121. The van der Waals surface area contributed by atoms with Crippen LogP contribution in [-0.4, -0.2) is 60.3 Å². The van der Waals surface area contributed by atoms with E-state index in [-0.39, 0.29) is 30.3 Å². The number of rotatable bonds is 4. The number of likely N-dealkylation sites (tertiary alicyclic amines) is 1. The van der Waals surface area contributed by atoms with Crippen molar-refractivity contribution < 1.29 is 19.1 Å². The van der Waals surface area contributed by atoms with Gasteiger partial charge in [-0.05, 0) is 18.9 Å². The van der Waals surface area contributed by atoms with Crippen LogP contribution in [0.25, 0.3) is 0 Å². The average Bonchev–Trinajstić information content (AvgIpc) is 3.22. The normalized spacial score (nSPS) is 25.3. The number of benzene rings is 1. The third-order valence-electron chi connectivity index (χ3n) is 5.88. The molecule has 1 aromatic rings. The highest BCUT2D eigenvalue weighted by molar-refractivity contribution is 5.77. The zero-order valence-electron chi connectivity index (χ0n) is 15.7. The summed E-state index contributed by atoms with van der Waals surface area (Å²) in [6.45, 7) is 1.38. The lowest BCUT2D eigenvalue weighted by atomic mass is 9.96. The Morgan fingerprint density at radius 3 is 2.78 bits per heavy atom. The van der Waals surface area contributed by atoms with Crippen molar-refractivity contribution in [2.75, 3.05) is 20.2 Å². The van der Waals surface area contributed by atoms with Gasteiger partial charge in [-0.1, -0.05) is 37.5 Å². The molecular weight excluding hydrogens is 346 g/mol. The highest BCUT2D eigenvalue weighted by Gasteiger charge is 2.49. The van der Waals surface area contributed by atoms with Gasteiger partial charge >= 0.3 is 12.1 Å². The van der Waals surface area contributed by atoms with Crippen molar-refractivity contribution in [3.63, 3.8) is 0 Å². The fourth-order valence-corrected chi connectivity index (χ4v) is 4.38. The van der Waals surface area contributed by atoms with Crippen LogP contribution in [0.3, 0.4) is 0 Å². The number of methoxy groups -OCH3 is 1. The third-order valence-corrected chi connectivity index (χ3v) is 5.88. The number of amides is 3. The van der Waals surface area contributed by atoms with Crippen LogP contribution in [-0.2, 0) is 11.3 Å². The molecule has 27 heavy (non-hydrogen) atoms. The van der Waals surface area contributed by atoms with E-state index in [1.807, 2.05) is 24.3 Å². The molecule has 2 atom stereocenters. The molecule has 7 nitrogen and oxygen atoms in total. The molecule has 0 unspecified atom stereocenters. The number of carbonyl (C=O) groups excluding carboxylic acids is 2. The minimum absolute atomic E-state index is 0.0374. The average molecular weight is 373 g/mol. The zero-order valence-corrected chi connectivity index (χ0v) is 15.7. The maximum Gasteiger partial charge on any atom is 0.410 e. The number of ether oxygens (including phenoxy) is 2. The van der Waals surface area contributed by atoms with Crippen LogP contribution in [0.15, 0.2) is 24.3 Å². The number of urea groups is 1. The molecule has 1 aliphatic carbocycles. The predicted octanol–water partition coefficient (Wildman–Crippen LogP) is 2.74. The summed E-state index contributed by atoms with van der Waals surface area (Å²) >= 11 is 0. The quantitative estimate of drug-likeness (QED) is 0.881. The molecule has 0 aromatic heterocycles. The molecule has 2 heterocycles. The highest BCUT2D eigenvalue weighted by atomic mass is 16.6. The van der Waals surface area contributed by atoms with Crippen LogP contribution in [0.1, 0.15) is 37.7 Å². The van der Waals surface area contributed by atoms with E-state index < -0.39 is 0 Å². The summed E-state index contributed by atoms with van der Waals surface area (Å²) in [6.07, 6.45) is 5.16. The lowest BCUT2D eigenvalue weighted by Crippen LogP contribution is -2.46. The molecule has 3 fully saturated rings. The lowest BCUT2D eigenvalue weighted by Gasteiger charge is -2.27. The van der Waals surface area contributed by atoms with E-state index in [9.17, 15) is 9.59 Å². The number of hydrogen-bond donors (Lipinski definition) is 1. The van der Waals surface area contributed by atoms with E-state index in [2.05, 4.69) is 5.32 Å². The largest absolute Gasteiger partial charge is 0.496 e. The molecule has 4 rings (SSSR count). The second-order valence-corrected chi connectivity index (χ2v) is 7.62. The Morgan fingerprint density at radius 1 is 1.22 bits per heavy atom. The van der Waals surface area contributed by atoms with Crippen molar-refractivity contribution in [1.82, 2.24) is 15.1 Å². The highest BCUT2D eigenvalue weighted by Crippen LogP contribution is 2.30. The van der Waals surface area contributed by atoms with E-state index in [4.69, 9.17) is 9.47 Å². The second kappa shape index (κ2) is 7.66. The van der Waals surface area contributed by atoms with Gasteiger partial charge in [0, 0.05) is 18.2 Å². The number of carbonyl (C=O) groups is 2. The molecule has 2 saturated heterocycles. The first-order valence-electron chi connectivity index (χ1n) is 9.80. The molecule has 3 aliphatic rings. The predicted molar refractivity (Wildman–Crippen MR) is 99.6 cm³/mol. The van der Waals surface area contributed by atoms with Gasteiger partial charge in [0.1, 0.15) is 11.9 Å². The van der Waals surface area contributed by atoms with Crippen LogP contribution >= 0.6 is 0 Å². The van der Waals surface area contributed by atoms with Gasteiger partial charge in [-0.25, -0.2) is 9.59 Å². The minimum Gasteiger partial charge on any atom is -0.496 e. The SMILES string of the molecule is COc1ccccc1CN1C(=O)O[C@@H]2CN(C(=O)NC3CCCCC3)C[C@@H]21. The molecule has 1 N–H and O–H groups in total. The van der Waals surface area contributed by atoms with Gasteiger partial charge in [-0.2, -0.15) is 0 Å². The Balaban J connectivity index is 1.40. The summed E-state index contributed by atoms with van der Waals surface area (Å²) in [4.78, 5) is 28.5. The molecule has 1 saturated carbocycles. The van der Waals surface area contributed by atoms with Crippen LogP contribution in [0.2, 0.25) is 0 Å². The molecule has 1 aromatic carbocycles. The first-order chi connectivity index (χ1) is 13.2. The summed E-state index contributed by atoms with van der Waals surface area (Å²) in [5, 5.41) is 3.15. The van der Waals surface area contributed by atoms with Crippen LogP contribution in [0.4, 0.5) is 9.59 Å². The van der Waals surface area contributed by atoms with E-state index in [0.29, 0.717) is 19.6 Å². The number of hydrogen-bond acceptors (Lipinski definition) is 4. The summed E-state index contributed by atoms with van der Waals surface area (Å²) in [6, 6.07) is 7.78. The van der Waals surface area contributed by atoms with Gasteiger partial charge in [-0.15, -0.1) is 0 Å². The molecule has 2 aliphatic heterocycles. The van der Waals surface area contributed by atoms with Gasteiger partial charge in [0.25, 0.3) is 0 Å². The molecule has 0 spiro atoms. The minimum atomic E-state index is -0.316. The summed E-state index contributed by atoms with van der Waals surface area (Å²) < 4.78 is 10.9. The van der Waals surface area contributed by atoms with Crippen molar-refractivity contribution in [3.05, 3.63) is 29.8 Å². The van der Waals surface area contributed by atoms with Crippen molar-refractivity contribution in [3.8, 4) is 5.75 Å². The van der Waals surface area contributed by atoms with Gasteiger partial charge in [-0.3, -0.25) is 4.90 Å². The molecule has 0 radical (unpaired) electrons. The van der Waals surface area contributed by atoms with E-state index in [1.54, 1.807) is 16.9 Å². The monoisotopic (exact) mass is 373 g/mol. The van der Waals surface area contributed by atoms with Crippen LogP contribution in [0, 0.1) is 0 Å². The number of para-hydroxylation sites is 1. The Hall–Kier alpha value is -2.44. The van der Waals surface area contributed by atoms with E-state index >= 15 is 0 Å². The smallest absolute Gasteiger partial charge is 0.410 e. The van der Waals surface area contributed by atoms with Gasteiger partial charge in [0.05, 0.1) is 26.2 Å². The maximum atomic E-state index is 12.6. The van der Waals surface area contributed by atoms with Gasteiger partial charge in [0.15, 0.2) is 0 Å².